The van der Waals surface area contributed by atoms with Crippen LogP contribution in [0, 0.1) is 11.8 Å². The van der Waals surface area contributed by atoms with Gasteiger partial charge in [-0.2, -0.15) is 4.98 Å². The van der Waals surface area contributed by atoms with Gasteiger partial charge < -0.3 is 11.1 Å². The molecule has 1 fully saturated rings. The molecule has 3 atom stereocenters. The molecule has 1 aromatic heterocycles. The van der Waals surface area contributed by atoms with Crippen molar-refractivity contribution in [2.75, 3.05) is 11.1 Å². The number of H-pyrrole nitrogens is 1. The van der Waals surface area contributed by atoms with E-state index < -0.39 is 0 Å². The van der Waals surface area contributed by atoms with Gasteiger partial charge >= 0.3 is 0 Å². The molecule has 0 saturated heterocycles. The predicted octanol–water partition coefficient (Wildman–Crippen LogP) is 1.62. The number of nitrogens with zero attached hydrogens (tertiary/aromatic N) is 2. The fourth-order valence-electron chi connectivity index (χ4n) is 2.38. The van der Waals surface area contributed by atoms with Gasteiger partial charge in [0.2, 0.25) is 11.9 Å². The molecular weight excluding hydrogens is 190 g/mol. The van der Waals surface area contributed by atoms with Crippen molar-refractivity contribution in [3.05, 3.63) is 0 Å². The molecule has 2 rings (SSSR count). The number of nitrogens with two attached hydrogens (primary N) is 1. The maximum Gasteiger partial charge on any atom is 0.243 e. The summed E-state index contributed by atoms with van der Waals surface area (Å²) in [6, 6.07) is 0.483. The van der Waals surface area contributed by atoms with Crippen molar-refractivity contribution in [2.24, 2.45) is 11.8 Å². The highest BCUT2D eigenvalue weighted by Gasteiger charge is 2.25. The third-order valence-corrected chi connectivity index (χ3v) is 3.25. The average molecular weight is 209 g/mol. The summed E-state index contributed by atoms with van der Waals surface area (Å²) in [5.74, 6) is 2.51. The summed E-state index contributed by atoms with van der Waals surface area (Å²) in [6.45, 7) is 4.60. The monoisotopic (exact) mass is 209 g/mol. The van der Waals surface area contributed by atoms with Crippen LogP contribution in [0.2, 0.25) is 0 Å². The van der Waals surface area contributed by atoms with Crippen LogP contribution in [0.5, 0.6) is 0 Å². The molecule has 3 unspecified atom stereocenters. The van der Waals surface area contributed by atoms with Gasteiger partial charge in [0.1, 0.15) is 0 Å². The summed E-state index contributed by atoms with van der Waals surface area (Å²) in [5.41, 5.74) is 5.47. The number of hydrogen-bond acceptors (Lipinski definition) is 4. The summed E-state index contributed by atoms with van der Waals surface area (Å²) in [6.07, 6.45) is 3.75. The lowest BCUT2D eigenvalue weighted by Crippen LogP contribution is -2.33. The van der Waals surface area contributed by atoms with E-state index >= 15 is 0 Å². The Morgan fingerprint density at radius 3 is 2.80 bits per heavy atom. The van der Waals surface area contributed by atoms with Crippen molar-refractivity contribution < 1.29 is 0 Å². The number of nitrogen functional groups attached to an aromatic ring is 1. The van der Waals surface area contributed by atoms with Crippen molar-refractivity contribution in [1.82, 2.24) is 15.2 Å². The fourth-order valence-corrected chi connectivity index (χ4v) is 2.38. The van der Waals surface area contributed by atoms with Crippen LogP contribution in [0.25, 0.3) is 0 Å². The Hall–Kier alpha value is -1.26. The van der Waals surface area contributed by atoms with Crippen LogP contribution in [0.4, 0.5) is 11.9 Å². The minimum absolute atomic E-state index is 0.370. The molecule has 0 amide bonds. The maximum absolute atomic E-state index is 5.47. The van der Waals surface area contributed by atoms with Crippen LogP contribution in [0.1, 0.15) is 33.1 Å². The van der Waals surface area contributed by atoms with Gasteiger partial charge in [-0.15, -0.1) is 5.10 Å². The molecule has 0 aliphatic heterocycles. The molecule has 15 heavy (non-hydrogen) atoms. The second-order valence-electron chi connectivity index (χ2n) is 4.69. The minimum Gasteiger partial charge on any atom is -0.368 e. The van der Waals surface area contributed by atoms with E-state index in [1.807, 2.05) is 0 Å². The number of anilines is 2. The zero-order valence-electron chi connectivity index (χ0n) is 9.33. The first-order valence-corrected chi connectivity index (χ1v) is 5.59. The smallest absolute Gasteiger partial charge is 0.243 e. The highest BCUT2D eigenvalue weighted by Crippen LogP contribution is 2.30. The molecule has 0 radical (unpaired) electrons. The zero-order chi connectivity index (χ0) is 10.8. The molecule has 0 spiro atoms. The van der Waals surface area contributed by atoms with E-state index in [2.05, 4.69) is 34.3 Å². The van der Waals surface area contributed by atoms with Crippen molar-refractivity contribution in [3.63, 3.8) is 0 Å². The average Bonchev–Trinajstić information content (AvgIpc) is 2.56. The van der Waals surface area contributed by atoms with Gasteiger partial charge in [0.05, 0.1) is 0 Å². The Morgan fingerprint density at radius 1 is 1.40 bits per heavy atom. The molecule has 1 saturated carbocycles. The maximum atomic E-state index is 5.47. The van der Waals surface area contributed by atoms with Gasteiger partial charge in [-0.25, -0.2) is 5.10 Å². The quantitative estimate of drug-likeness (QED) is 0.691. The van der Waals surface area contributed by atoms with Crippen molar-refractivity contribution in [3.8, 4) is 0 Å². The summed E-state index contributed by atoms with van der Waals surface area (Å²) in [7, 11) is 0. The van der Waals surface area contributed by atoms with Gasteiger partial charge in [0.25, 0.3) is 0 Å². The number of nitrogens with one attached hydrogen (secondary N) is 2. The van der Waals surface area contributed by atoms with Crippen LogP contribution in [-0.4, -0.2) is 21.2 Å². The Balaban J connectivity index is 1.94. The van der Waals surface area contributed by atoms with E-state index in [0.717, 1.165) is 5.92 Å². The number of hydrogen-bond donors (Lipinski definition) is 3. The lowest BCUT2D eigenvalue weighted by molar-refractivity contribution is 0.276. The van der Waals surface area contributed by atoms with E-state index in [-0.39, 0.29) is 0 Å². The third kappa shape index (κ3) is 2.40. The van der Waals surface area contributed by atoms with Gasteiger partial charge in [-0.3, -0.25) is 0 Å². The van der Waals surface area contributed by atoms with Crippen molar-refractivity contribution in [2.45, 2.75) is 39.2 Å². The number of aromatic amines is 1. The highest BCUT2D eigenvalue weighted by molar-refractivity contribution is 5.31. The Labute approximate surface area is 89.9 Å². The molecule has 5 heteroatoms. The molecule has 1 aromatic rings. The standard InChI is InChI=1S/C10H19N5/c1-6-3-4-8(7(2)5-6)12-10-13-9(11)14-15-10/h6-8H,3-5H2,1-2H3,(H4,11,12,13,14,15). The molecule has 0 aromatic carbocycles. The van der Waals surface area contributed by atoms with Crippen LogP contribution in [0.15, 0.2) is 0 Å². The van der Waals surface area contributed by atoms with Gasteiger partial charge in [-0.05, 0) is 31.1 Å². The fraction of sp³-hybridized carbons (Fsp3) is 0.800. The molecular formula is C10H19N5. The van der Waals surface area contributed by atoms with E-state index in [4.69, 9.17) is 5.73 Å². The topological polar surface area (TPSA) is 79.6 Å². The molecule has 1 aliphatic rings. The number of aromatic nitrogens is 3. The zero-order valence-corrected chi connectivity index (χ0v) is 9.33. The van der Waals surface area contributed by atoms with Crippen LogP contribution >= 0.6 is 0 Å². The molecule has 1 aliphatic carbocycles. The number of rotatable bonds is 2. The van der Waals surface area contributed by atoms with E-state index in [1.54, 1.807) is 0 Å². The summed E-state index contributed by atoms with van der Waals surface area (Å²) >= 11 is 0. The second kappa shape index (κ2) is 4.08. The van der Waals surface area contributed by atoms with Crippen LogP contribution in [0.3, 0.4) is 0 Å². The largest absolute Gasteiger partial charge is 0.368 e. The lowest BCUT2D eigenvalue weighted by Gasteiger charge is -2.32. The van der Waals surface area contributed by atoms with Gasteiger partial charge in [-0.1, -0.05) is 13.8 Å². The first-order valence-electron chi connectivity index (χ1n) is 5.59. The summed E-state index contributed by atoms with van der Waals surface area (Å²) in [5, 5.41) is 9.97. The molecule has 5 nitrogen and oxygen atoms in total. The van der Waals surface area contributed by atoms with E-state index in [0.29, 0.717) is 23.9 Å². The first-order chi connectivity index (χ1) is 7.15. The molecule has 4 N–H and O–H groups in total. The highest BCUT2D eigenvalue weighted by atomic mass is 15.3. The summed E-state index contributed by atoms with van der Waals surface area (Å²) < 4.78 is 0. The predicted molar refractivity (Wildman–Crippen MR) is 60.4 cm³/mol. The SMILES string of the molecule is CC1CCC(Nc2n[nH]c(N)n2)C(C)C1. The van der Waals surface area contributed by atoms with E-state index in [1.165, 1.54) is 19.3 Å². The van der Waals surface area contributed by atoms with Crippen molar-refractivity contribution in [1.29, 1.82) is 0 Å². The minimum atomic E-state index is 0.370. The summed E-state index contributed by atoms with van der Waals surface area (Å²) in [4.78, 5) is 4.06. The van der Waals surface area contributed by atoms with Crippen LogP contribution < -0.4 is 11.1 Å². The third-order valence-electron chi connectivity index (χ3n) is 3.25. The Morgan fingerprint density at radius 2 is 2.20 bits per heavy atom. The first kappa shape index (κ1) is 10.3. The molecule has 0 bridgehead atoms. The normalized spacial score (nSPS) is 31.5. The Kier molecular flexibility index (Phi) is 2.79. The van der Waals surface area contributed by atoms with Gasteiger partial charge in [0, 0.05) is 6.04 Å². The van der Waals surface area contributed by atoms with Gasteiger partial charge in [0.15, 0.2) is 0 Å². The lowest BCUT2D eigenvalue weighted by atomic mass is 9.80. The molecule has 1 heterocycles. The van der Waals surface area contributed by atoms with Crippen molar-refractivity contribution >= 4 is 11.9 Å². The van der Waals surface area contributed by atoms with E-state index in [9.17, 15) is 0 Å². The second-order valence-corrected chi connectivity index (χ2v) is 4.69. The van der Waals surface area contributed by atoms with Crippen LogP contribution in [-0.2, 0) is 0 Å². The Bertz CT molecular complexity index is 321. The molecule has 84 valence electrons.